The van der Waals surface area contributed by atoms with Crippen LogP contribution in [-0.2, 0) is 11.3 Å². The van der Waals surface area contributed by atoms with Crippen LogP contribution in [0.25, 0.3) is 22.3 Å². The van der Waals surface area contributed by atoms with Crippen molar-refractivity contribution >= 4 is 34.5 Å². The van der Waals surface area contributed by atoms with Crippen LogP contribution in [0, 0.1) is 5.92 Å². The Labute approximate surface area is 215 Å². The van der Waals surface area contributed by atoms with Crippen LogP contribution in [-0.4, -0.2) is 73.4 Å². The second-order valence-corrected chi connectivity index (χ2v) is 9.69. The Bertz CT molecular complexity index is 1410. The van der Waals surface area contributed by atoms with Gasteiger partial charge in [-0.2, -0.15) is 0 Å². The Balaban J connectivity index is 1.11. The summed E-state index contributed by atoms with van der Waals surface area (Å²) >= 11 is 0. The summed E-state index contributed by atoms with van der Waals surface area (Å²) in [5.41, 5.74) is 4.80. The Hall–Kier alpha value is -4.05. The minimum atomic E-state index is 0.300. The molecule has 1 saturated heterocycles. The lowest BCUT2D eigenvalue weighted by atomic mass is 10.1. The number of pyridine rings is 1. The molecule has 4 aromatic rings. The average molecular weight is 498 g/mol. The van der Waals surface area contributed by atoms with Crippen LogP contribution in [0.2, 0.25) is 0 Å². The molecule has 190 valence electrons. The molecule has 10 heteroatoms. The van der Waals surface area contributed by atoms with E-state index in [0.717, 1.165) is 86.0 Å². The van der Waals surface area contributed by atoms with E-state index in [1.165, 1.54) is 5.56 Å². The van der Waals surface area contributed by atoms with Gasteiger partial charge in [-0.25, -0.2) is 19.9 Å². The number of hydrogen-bond donors (Lipinski definition) is 3. The molecule has 6 rings (SSSR count). The third-order valence-corrected chi connectivity index (χ3v) is 6.89. The number of fused-ring (bicyclic) bond motifs is 1. The van der Waals surface area contributed by atoms with Gasteiger partial charge in [-0.1, -0.05) is 6.07 Å². The quantitative estimate of drug-likeness (QED) is 0.338. The molecule has 3 N–H and O–H groups in total. The van der Waals surface area contributed by atoms with Crippen LogP contribution in [0.4, 0.5) is 17.6 Å². The van der Waals surface area contributed by atoms with E-state index in [0.29, 0.717) is 17.8 Å². The maximum absolute atomic E-state index is 12.3. The maximum Gasteiger partial charge on any atom is 0.225 e. The molecule has 0 bridgehead atoms. The standard InChI is InChI=1S/C27H31N9O/c1-2-28-24-15-22(30-17-31-24)20-5-6-21-23(14-20)33-27(32-21)34-25-13-18(7-8-29-25)16-35-9-11-36(12-10-35)26(37)19-3-4-19/h5-8,13-15,17,19H,2-4,9-12,16H2,1H3,(H,28,30,31)(H2,29,32,33,34). The molecule has 1 aliphatic carbocycles. The first-order valence-corrected chi connectivity index (χ1v) is 12.9. The SMILES string of the molecule is CCNc1cc(-c2ccc3nc(Nc4cc(CN5CCN(C(=O)C6CC6)CC5)ccn4)[nH]c3c2)ncn1. The number of piperazine rings is 1. The van der Waals surface area contributed by atoms with Crippen LogP contribution in [0.15, 0.2) is 48.9 Å². The van der Waals surface area contributed by atoms with Gasteiger partial charge in [0.1, 0.15) is 18.0 Å². The van der Waals surface area contributed by atoms with E-state index in [1.54, 1.807) is 6.33 Å². The fourth-order valence-corrected chi connectivity index (χ4v) is 4.76. The molecule has 1 amide bonds. The lowest BCUT2D eigenvalue weighted by Crippen LogP contribution is -2.48. The van der Waals surface area contributed by atoms with Crippen LogP contribution in [0.5, 0.6) is 0 Å². The van der Waals surface area contributed by atoms with Gasteiger partial charge >= 0.3 is 0 Å². The number of carbonyl (C=O) groups is 1. The number of carbonyl (C=O) groups excluding carboxylic acids is 1. The van der Waals surface area contributed by atoms with Crippen molar-refractivity contribution in [2.24, 2.45) is 5.92 Å². The third-order valence-electron chi connectivity index (χ3n) is 6.89. The van der Waals surface area contributed by atoms with Gasteiger partial charge in [0.15, 0.2) is 0 Å². The highest BCUT2D eigenvalue weighted by Gasteiger charge is 2.34. The summed E-state index contributed by atoms with van der Waals surface area (Å²) in [6.07, 6.45) is 5.53. The minimum Gasteiger partial charge on any atom is -0.370 e. The number of anilines is 3. The summed E-state index contributed by atoms with van der Waals surface area (Å²) < 4.78 is 0. The molecule has 37 heavy (non-hydrogen) atoms. The highest BCUT2D eigenvalue weighted by atomic mass is 16.2. The maximum atomic E-state index is 12.3. The lowest BCUT2D eigenvalue weighted by Gasteiger charge is -2.34. The van der Waals surface area contributed by atoms with Gasteiger partial charge in [-0.3, -0.25) is 9.69 Å². The number of H-pyrrole nitrogens is 1. The number of aromatic nitrogens is 5. The average Bonchev–Trinajstić information content (AvgIpc) is 3.69. The lowest BCUT2D eigenvalue weighted by molar-refractivity contribution is -0.134. The molecule has 1 aromatic carbocycles. The number of amides is 1. The number of rotatable bonds is 8. The first-order chi connectivity index (χ1) is 18.1. The predicted octanol–water partition coefficient (Wildman–Crippen LogP) is 3.64. The molecular formula is C27H31N9O. The number of nitrogens with one attached hydrogen (secondary N) is 3. The van der Waals surface area contributed by atoms with Crippen molar-refractivity contribution in [3.63, 3.8) is 0 Å². The van der Waals surface area contributed by atoms with E-state index in [1.807, 2.05) is 48.4 Å². The number of hydrogen-bond acceptors (Lipinski definition) is 8. The monoisotopic (exact) mass is 497 g/mol. The molecule has 4 heterocycles. The second kappa shape index (κ2) is 10.1. The Morgan fingerprint density at radius 2 is 1.89 bits per heavy atom. The van der Waals surface area contributed by atoms with Crippen molar-refractivity contribution in [2.75, 3.05) is 43.4 Å². The van der Waals surface area contributed by atoms with Gasteiger partial charge < -0.3 is 20.5 Å². The van der Waals surface area contributed by atoms with Crippen LogP contribution in [0.1, 0.15) is 25.3 Å². The summed E-state index contributed by atoms with van der Waals surface area (Å²) in [4.78, 5) is 37.9. The molecule has 0 unspecified atom stereocenters. The number of nitrogens with zero attached hydrogens (tertiary/aromatic N) is 6. The molecule has 0 radical (unpaired) electrons. The van der Waals surface area contributed by atoms with Gasteiger partial charge in [0.25, 0.3) is 0 Å². The number of aromatic amines is 1. The van der Waals surface area contributed by atoms with Crippen molar-refractivity contribution in [1.29, 1.82) is 0 Å². The first-order valence-electron chi connectivity index (χ1n) is 12.9. The van der Waals surface area contributed by atoms with E-state index in [4.69, 9.17) is 0 Å². The molecule has 0 atom stereocenters. The molecule has 2 fully saturated rings. The van der Waals surface area contributed by atoms with Crippen molar-refractivity contribution in [3.05, 3.63) is 54.5 Å². The zero-order valence-corrected chi connectivity index (χ0v) is 20.9. The zero-order valence-electron chi connectivity index (χ0n) is 20.9. The number of benzene rings is 1. The largest absolute Gasteiger partial charge is 0.370 e. The van der Waals surface area contributed by atoms with E-state index < -0.39 is 0 Å². The molecule has 0 spiro atoms. The fraction of sp³-hybridized carbons (Fsp3) is 0.370. The number of imidazole rings is 1. The summed E-state index contributed by atoms with van der Waals surface area (Å²) in [5, 5.41) is 6.53. The van der Waals surface area contributed by atoms with Crippen molar-refractivity contribution < 1.29 is 4.79 Å². The Morgan fingerprint density at radius 3 is 2.70 bits per heavy atom. The van der Waals surface area contributed by atoms with Gasteiger partial charge in [0.05, 0.1) is 16.7 Å². The zero-order chi connectivity index (χ0) is 25.2. The van der Waals surface area contributed by atoms with E-state index in [2.05, 4.69) is 46.5 Å². The van der Waals surface area contributed by atoms with E-state index in [9.17, 15) is 4.79 Å². The van der Waals surface area contributed by atoms with Crippen LogP contribution < -0.4 is 10.6 Å². The first kappa shape index (κ1) is 23.4. The summed E-state index contributed by atoms with van der Waals surface area (Å²) in [6, 6.07) is 12.1. The topological polar surface area (TPSA) is 115 Å². The van der Waals surface area contributed by atoms with Crippen LogP contribution in [0.3, 0.4) is 0 Å². The van der Waals surface area contributed by atoms with Crippen molar-refractivity contribution in [1.82, 2.24) is 34.7 Å². The van der Waals surface area contributed by atoms with Gasteiger partial charge in [0, 0.05) is 63.0 Å². The third kappa shape index (κ3) is 5.39. The highest BCUT2D eigenvalue weighted by molar-refractivity contribution is 5.83. The van der Waals surface area contributed by atoms with Gasteiger partial charge in [0.2, 0.25) is 11.9 Å². The molecule has 1 saturated carbocycles. The molecule has 10 nitrogen and oxygen atoms in total. The smallest absolute Gasteiger partial charge is 0.225 e. The van der Waals surface area contributed by atoms with E-state index in [-0.39, 0.29) is 0 Å². The Morgan fingerprint density at radius 1 is 1.03 bits per heavy atom. The minimum absolute atomic E-state index is 0.300. The molecule has 1 aliphatic heterocycles. The molecular weight excluding hydrogens is 466 g/mol. The predicted molar refractivity (Wildman–Crippen MR) is 143 cm³/mol. The highest BCUT2D eigenvalue weighted by Crippen LogP contribution is 2.31. The summed E-state index contributed by atoms with van der Waals surface area (Å²) in [7, 11) is 0. The Kier molecular flexibility index (Phi) is 6.40. The summed E-state index contributed by atoms with van der Waals surface area (Å²) in [5.74, 6) is 2.83. The molecule has 2 aliphatic rings. The van der Waals surface area contributed by atoms with Crippen molar-refractivity contribution in [2.45, 2.75) is 26.3 Å². The summed E-state index contributed by atoms with van der Waals surface area (Å²) in [6.45, 7) is 7.11. The fourth-order valence-electron chi connectivity index (χ4n) is 4.76. The van der Waals surface area contributed by atoms with Crippen LogP contribution >= 0.6 is 0 Å². The van der Waals surface area contributed by atoms with Gasteiger partial charge in [-0.05, 0) is 49.6 Å². The van der Waals surface area contributed by atoms with E-state index >= 15 is 0 Å². The van der Waals surface area contributed by atoms with Gasteiger partial charge in [-0.15, -0.1) is 0 Å². The van der Waals surface area contributed by atoms with Crippen molar-refractivity contribution in [3.8, 4) is 11.3 Å². The normalized spacial score (nSPS) is 16.2. The second-order valence-electron chi connectivity index (χ2n) is 9.69. The molecule has 3 aromatic heterocycles.